The van der Waals surface area contributed by atoms with E-state index in [4.69, 9.17) is 0 Å². The first kappa shape index (κ1) is 16.0. The molecule has 128 valence electrons. The van der Waals surface area contributed by atoms with E-state index in [9.17, 15) is 4.79 Å². The van der Waals surface area contributed by atoms with Crippen molar-refractivity contribution in [3.63, 3.8) is 0 Å². The van der Waals surface area contributed by atoms with E-state index in [1.165, 1.54) is 6.33 Å². The Bertz CT molecular complexity index is 1040. The maximum Gasteiger partial charge on any atom is 0.253 e. The molecule has 0 fully saturated rings. The summed E-state index contributed by atoms with van der Waals surface area (Å²) in [7, 11) is 1.81. The first-order chi connectivity index (χ1) is 12.7. The van der Waals surface area contributed by atoms with Gasteiger partial charge in [-0.3, -0.25) is 14.9 Å². The Morgan fingerprint density at radius 1 is 1.04 bits per heavy atom. The second kappa shape index (κ2) is 6.76. The molecule has 0 spiro atoms. The number of H-pyrrole nitrogens is 1. The zero-order valence-corrected chi connectivity index (χ0v) is 14.3. The van der Waals surface area contributed by atoms with Crippen LogP contribution in [-0.4, -0.2) is 38.0 Å². The third-order valence-corrected chi connectivity index (χ3v) is 4.31. The van der Waals surface area contributed by atoms with Crippen LogP contribution in [0.25, 0.3) is 22.3 Å². The van der Waals surface area contributed by atoms with Crippen LogP contribution in [-0.2, 0) is 6.54 Å². The van der Waals surface area contributed by atoms with Gasteiger partial charge in [0, 0.05) is 36.3 Å². The molecule has 0 aliphatic heterocycles. The van der Waals surface area contributed by atoms with Gasteiger partial charge in [0.05, 0.1) is 5.52 Å². The maximum absolute atomic E-state index is 12.8. The van der Waals surface area contributed by atoms with Crippen molar-refractivity contribution < 1.29 is 4.79 Å². The number of carbonyl (C=O) groups is 1. The van der Waals surface area contributed by atoms with Crippen molar-refractivity contribution in [1.82, 2.24) is 25.1 Å². The average molecular weight is 343 g/mol. The van der Waals surface area contributed by atoms with Gasteiger partial charge >= 0.3 is 0 Å². The van der Waals surface area contributed by atoms with E-state index in [-0.39, 0.29) is 5.91 Å². The Hall–Kier alpha value is -3.54. The summed E-state index contributed by atoms with van der Waals surface area (Å²) in [6, 6.07) is 17.3. The minimum absolute atomic E-state index is 0.0324. The summed E-state index contributed by atoms with van der Waals surface area (Å²) in [6.07, 6.45) is 3.23. The molecule has 0 saturated heterocycles. The van der Waals surface area contributed by atoms with Crippen molar-refractivity contribution in [1.29, 1.82) is 0 Å². The number of hydrogen-bond acceptors (Lipinski definition) is 4. The molecule has 6 heteroatoms. The Kier molecular flexibility index (Phi) is 4.15. The van der Waals surface area contributed by atoms with E-state index in [1.54, 1.807) is 23.2 Å². The molecule has 1 amide bonds. The first-order valence-electron chi connectivity index (χ1n) is 8.26. The van der Waals surface area contributed by atoms with Crippen molar-refractivity contribution in [2.24, 2.45) is 0 Å². The molecule has 0 atom stereocenters. The molecule has 0 aliphatic rings. The lowest BCUT2D eigenvalue weighted by Crippen LogP contribution is -2.26. The van der Waals surface area contributed by atoms with Crippen molar-refractivity contribution in [3.05, 3.63) is 78.2 Å². The maximum atomic E-state index is 12.8. The van der Waals surface area contributed by atoms with Crippen LogP contribution in [0.4, 0.5) is 0 Å². The fraction of sp³-hybridized carbons (Fsp3) is 0.100. The molecule has 4 aromatic rings. The van der Waals surface area contributed by atoms with Crippen molar-refractivity contribution in [3.8, 4) is 11.4 Å². The standard InChI is InChI=1S/C20H17N5O/c1-25(12-16-4-2-6-18-17(16)5-3-11-21-18)20(26)15-9-7-14(8-10-15)19-22-13-23-24-19/h2-11,13H,12H2,1H3,(H,22,23,24). The predicted molar refractivity (Wildman–Crippen MR) is 99.4 cm³/mol. The molecule has 0 saturated carbocycles. The van der Waals surface area contributed by atoms with Crippen LogP contribution in [0.2, 0.25) is 0 Å². The third kappa shape index (κ3) is 3.04. The highest BCUT2D eigenvalue weighted by molar-refractivity contribution is 5.94. The zero-order valence-electron chi connectivity index (χ0n) is 14.3. The van der Waals surface area contributed by atoms with Gasteiger partial charge in [0.1, 0.15) is 6.33 Å². The number of hydrogen-bond donors (Lipinski definition) is 1. The lowest BCUT2D eigenvalue weighted by Gasteiger charge is -2.18. The second-order valence-corrected chi connectivity index (χ2v) is 6.06. The van der Waals surface area contributed by atoms with Crippen LogP contribution < -0.4 is 0 Å². The molecule has 2 aromatic heterocycles. The molecule has 0 radical (unpaired) electrons. The monoisotopic (exact) mass is 343 g/mol. The van der Waals surface area contributed by atoms with Gasteiger partial charge in [-0.1, -0.05) is 30.3 Å². The number of aromatic nitrogens is 4. The molecule has 4 rings (SSSR count). The summed E-state index contributed by atoms with van der Waals surface area (Å²) >= 11 is 0. The highest BCUT2D eigenvalue weighted by Gasteiger charge is 2.14. The van der Waals surface area contributed by atoms with Crippen LogP contribution in [0, 0.1) is 0 Å². The lowest BCUT2D eigenvalue weighted by atomic mass is 10.1. The van der Waals surface area contributed by atoms with E-state index in [0.29, 0.717) is 17.9 Å². The van der Waals surface area contributed by atoms with E-state index in [1.807, 2.05) is 49.5 Å². The number of fused-ring (bicyclic) bond motifs is 1. The molecule has 1 N–H and O–H groups in total. The smallest absolute Gasteiger partial charge is 0.253 e. The number of rotatable bonds is 4. The number of benzene rings is 2. The summed E-state index contributed by atoms with van der Waals surface area (Å²) in [4.78, 5) is 23.0. The predicted octanol–water partition coefficient (Wildman–Crippen LogP) is 3.29. The highest BCUT2D eigenvalue weighted by Crippen LogP contribution is 2.19. The number of carbonyl (C=O) groups excluding carboxylic acids is 1. The molecular formula is C20H17N5O. The van der Waals surface area contributed by atoms with Gasteiger partial charge in [-0.15, -0.1) is 0 Å². The highest BCUT2D eigenvalue weighted by atomic mass is 16.2. The Morgan fingerprint density at radius 3 is 2.65 bits per heavy atom. The molecular weight excluding hydrogens is 326 g/mol. The van der Waals surface area contributed by atoms with Crippen molar-refractivity contribution in [2.75, 3.05) is 7.05 Å². The summed E-state index contributed by atoms with van der Waals surface area (Å²) in [6.45, 7) is 0.520. The van der Waals surface area contributed by atoms with Crippen molar-refractivity contribution >= 4 is 16.8 Å². The topological polar surface area (TPSA) is 74.8 Å². The van der Waals surface area contributed by atoms with E-state index in [2.05, 4.69) is 20.2 Å². The number of aromatic amines is 1. The summed E-state index contributed by atoms with van der Waals surface area (Å²) in [5, 5.41) is 7.72. The third-order valence-electron chi connectivity index (χ3n) is 4.31. The Balaban J connectivity index is 1.54. The van der Waals surface area contributed by atoms with Gasteiger partial charge in [0.15, 0.2) is 5.82 Å². The summed E-state index contributed by atoms with van der Waals surface area (Å²) < 4.78 is 0. The summed E-state index contributed by atoms with van der Waals surface area (Å²) in [5.74, 6) is 0.649. The first-order valence-corrected chi connectivity index (χ1v) is 8.26. The SMILES string of the molecule is CN(Cc1cccc2ncccc12)C(=O)c1ccc(-c2ncn[nH]2)cc1. The van der Waals surface area contributed by atoms with Gasteiger partial charge in [-0.05, 0) is 29.8 Å². The largest absolute Gasteiger partial charge is 0.337 e. The lowest BCUT2D eigenvalue weighted by molar-refractivity contribution is 0.0785. The molecule has 26 heavy (non-hydrogen) atoms. The fourth-order valence-corrected chi connectivity index (χ4v) is 2.97. The van der Waals surface area contributed by atoms with E-state index in [0.717, 1.165) is 22.0 Å². The number of nitrogens with zero attached hydrogens (tertiary/aromatic N) is 4. The molecule has 0 aliphatic carbocycles. The summed E-state index contributed by atoms with van der Waals surface area (Å²) in [5.41, 5.74) is 3.53. The van der Waals surface area contributed by atoms with Crippen LogP contribution >= 0.6 is 0 Å². The molecule has 6 nitrogen and oxygen atoms in total. The zero-order chi connectivity index (χ0) is 17.9. The second-order valence-electron chi connectivity index (χ2n) is 6.06. The van der Waals surface area contributed by atoms with E-state index < -0.39 is 0 Å². The van der Waals surface area contributed by atoms with Gasteiger partial charge < -0.3 is 4.90 Å². The average Bonchev–Trinajstić information content (AvgIpc) is 3.23. The quantitative estimate of drug-likeness (QED) is 0.617. The molecule has 0 unspecified atom stereocenters. The normalized spacial score (nSPS) is 10.8. The molecule has 2 aromatic carbocycles. The fourth-order valence-electron chi connectivity index (χ4n) is 2.97. The number of amides is 1. The van der Waals surface area contributed by atoms with Crippen LogP contribution in [0.5, 0.6) is 0 Å². The molecule has 2 heterocycles. The minimum Gasteiger partial charge on any atom is -0.337 e. The van der Waals surface area contributed by atoms with Gasteiger partial charge in [0.25, 0.3) is 5.91 Å². The number of nitrogens with one attached hydrogen (secondary N) is 1. The number of pyridine rings is 1. The van der Waals surface area contributed by atoms with Gasteiger partial charge in [-0.2, -0.15) is 5.10 Å². The molecule has 0 bridgehead atoms. The Labute approximate surface area is 150 Å². The van der Waals surface area contributed by atoms with Gasteiger partial charge in [0.2, 0.25) is 0 Å². The van der Waals surface area contributed by atoms with Crippen LogP contribution in [0.1, 0.15) is 15.9 Å². The van der Waals surface area contributed by atoms with E-state index >= 15 is 0 Å². The van der Waals surface area contributed by atoms with Crippen LogP contribution in [0.15, 0.2) is 67.1 Å². The van der Waals surface area contributed by atoms with Crippen molar-refractivity contribution in [2.45, 2.75) is 6.54 Å². The van der Waals surface area contributed by atoms with Gasteiger partial charge in [-0.25, -0.2) is 4.98 Å². The minimum atomic E-state index is -0.0324. The Morgan fingerprint density at radius 2 is 1.88 bits per heavy atom. The van der Waals surface area contributed by atoms with Crippen LogP contribution in [0.3, 0.4) is 0 Å².